The summed E-state index contributed by atoms with van der Waals surface area (Å²) >= 11 is 6.00. The minimum absolute atomic E-state index is 0.0767. The van der Waals surface area contributed by atoms with Crippen LogP contribution >= 0.6 is 11.6 Å². The molecule has 1 aliphatic carbocycles. The van der Waals surface area contributed by atoms with Crippen LogP contribution in [0, 0.1) is 5.92 Å². The van der Waals surface area contributed by atoms with Crippen LogP contribution in [0.2, 0.25) is 5.02 Å². The fraction of sp³-hybridized carbons (Fsp3) is 0.556. The summed E-state index contributed by atoms with van der Waals surface area (Å²) in [5, 5.41) is 6.31. The van der Waals surface area contributed by atoms with Gasteiger partial charge in [0.1, 0.15) is 0 Å². The second-order valence-electron chi connectivity index (χ2n) is 6.56. The summed E-state index contributed by atoms with van der Waals surface area (Å²) in [5.74, 6) is 0.153. The van der Waals surface area contributed by atoms with Gasteiger partial charge in [0.2, 0.25) is 0 Å². The second-order valence-corrected chi connectivity index (χ2v) is 7.00. The minimum Gasteiger partial charge on any atom is -0.434 e. The summed E-state index contributed by atoms with van der Waals surface area (Å²) in [6.07, 6.45) is 5.77. The van der Waals surface area contributed by atoms with E-state index in [1.54, 1.807) is 0 Å². The summed E-state index contributed by atoms with van der Waals surface area (Å²) in [7, 11) is 0. The van der Waals surface area contributed by atoms with Crippen molar-refractivity contribution in [2.75, 3.05) is 6.54 Å². The molecule has 1 saturated heterocycles. The lowest BCUT2D eigenvalue weighted by Crippen LogP contribution is -2.41. The molecule has 0 spiro atoms. The van der Waals surface area contributed by atoms with Gasteiger partial charge < -0.3 is 15.4 Å². The van der Waals surface area contributed by atoms with Gasteiger partial charge in [-0.15, -0.1) is 0 Å². The van der Waals surface area contributed by atoms with Gasteiger partial charge in [-0.3, -0.25) is 4.79 Å². The molecular weight excluding hydrogens is 328 g/mol. The number of cyclic esters (lactones) is 1. The number of nitrogens with one attached hydrogen (secondary N) is 2. The highest BCUT2D eigenvalue weighted by atomic mass is 35.5. The topological polar surface area (TPSA) is 67.4 Å². The first-order chi connectivity index (χ1) is 11.6. The van der Waals surface area contributed by atoms with Crippen molar-refractivity contribution in [2.24, 2.45) is 5.92 Å². The standard InChI is InChI=1S/C18H23ClN2O3/c19-14-9-7-13(8-10-14)16(12-5-3-1-2-4-6-12)21-17(22)15-11-20-18(23)24-15/h7-10,12,15-16H,1-6,11H2,(H,20,23)(H,21,22). The number of carbonyl (C=O) groups is 2. The molecule has 5 nitrogen and oxygen atoms in total. The molecule has 2 unspecified atom stereocenters. The van der Waals surface area contributed by atoms with E-state index < -0.39 is 12.2 Å². The highest BCUT2D eigenvalue weighted by Gasteiger charge is 2.33. The molecule has 1 aromatic carbocycles. The smallest absolute Gasteiger partial charge is 0.408 e. The zero-order chi connectivity index (χ0) is 16.9. The van der Waals surface area contributed by atoms with Crippen LogP contribution in [0.15, 0.2) is 24.3 Å². The number of alkyl carbamates (subject to hydrolysis) is 1. The Labute approximate surface area is 147 Å². The van der Waals surface area contributed by atoms with Gasteiger partial charge in [0.25, 0.3) is 5.91 Å². The van der Waals surface area contributed by atoms with Gasteiger partial charge in [-0.2, -0.15) is 0 Å². The first-order valence-corrected chi connectivity index (χ1v) is 9.01. The van der Waals surface area contributed by atoms with Crippen molar-refractivity contribution in [1.29, 1.82) is 0 Å². The number of hydrogen-bond acceptors (Lipinski definition) is 3. The lowest BCUT2D eigenvalue weighted by Gasteiger charge is -2.28. The molecule has 1 heterocycles. The van der Waals surface area contributed by atoms with Crippen molar-refractivity contribution in [3.8, 4) is 0 Å². The van der Waals surface area contributed by atoms with Crippen molar-refractivity contribution in [2.45, 2.75) is 50.7 Å². The fourth-order valence-electron chi connectivity index (χ4n) is 3.57. The summed E-state index contributed by atoms with van der Waals surface area (Å²) in [4.78, 5) is 23.7. The molecule has 2 fully saturated rings. The number of rotatable bonds is 4. The van der Waals surface area contributed by atoms with Gasteiger partial charge in [-0.05, 0) is 36.5 Å². The average molecular weight is 351 g/mol. The van der Waals surface area contributed by atoms with Crippen LogP contribution < -0.4 is 10.6 Å². The third-order valence-corrected chi connectivity index (χ3v) is 5.12. The molecule has 1 saturated carbocycles. The molecule has 3 rings (SSSR count). The van der Waals surface area contributed by atoms with Crippen LogP contribution in [0.3, 0.4) is 0 Å². The largest absolute Gasteiger partial charge is 0.434 e. The molecule has 0 aromatic heterocycles. The molecule has 1 aliphatic heterocycles. The number of amides is 2. The highest BCUT2D eigenvalue weighted by Crippen LogP contribution is 2.34. The van der Waals surface area contributed by atoms with Gasteiger partial charge in [-0.1, -0.05) is 49.4 Å². The van der Waals surface area contributed by atoms with Gasteiger partial charge >= 0.3 is 6.09 Å². The Kier molecular flexibility index (Phi) is 5.61. The molecule has 24 heavy (non-hydrogen) atoms. The van der Waals surface area contributed by atoms with Gasteiger partial charge in [0, 0.05) is 5.02 Å². The number of hydrogen-bond donors (Lipinski definition) is 2. The fourth-order valence-corrected chi connectivity index (χ4v) is 3.69. The summed E-state index contributed by atoms with van der Waals surface area (Å²) < 4.78 is 5.01. The SMILES string of the molecule is O=C1NCC(C(=O)NC(c2ccc(Cl)cc2)C2CCCCCC2)O1. The second kappa shape index (κ2) is 7.88. The maximum Gasteiger partial charge on any atom is 0.408 e. The van der Waals surface area contributed by atoms with Crippen LogP contribution in [0.5, 0.6) is 0 Å². The summed E-state index contributed by atoms with van der Waals surface area (Å²) in [5.41, 5.74) is 1.05. The molecule has 130 valence electrons. The quantitative estimate of drug-likeness (QED) is 0.816. The molecule has 6 heteroatoms. The Morgan fingerprint density at radius 2 is 1.83 bits per heavy atom. The van der Waals surface area contributed by atoms with Gasteiger partial charge in [0.15, 0.2) is 6.10 Å². The lowest BCUT2D eigenvalue weighted by molar-refractivity contribution is -0.129. The summed E-state index contributed by atoms with van der Waals surface area (Å²) in [6, 6.07) is 7.56. The number of carbonyl (C=O) groups excluding carboxylic acids is 2. The van der Waals surface area contributed by atoms with Crippen molar-refractivity contribution in [3.05, 3.63) is 34.9 Å². The molecule has 1 aromatic rings. The predicted molar refractivity (Wildman–Crippen MR) is 91.8 cm³/mol. The molecule has 2 atom stereocenters. The maximum absolute atomic E-state index is 12.5. The van der Waals surface area contributed by atoms with E-state index >= 15 is 0 Å². The van der Waals surface area contributed by atoms with Crippen molar-refractivity contribution < 1.29 is 14.3 Å². The third-order valence-electron chi connectivity index (χ3n) is 4.87. The molecule has 2 amide bonds. The maximum atomic E-state index is 12.5. The zero-order valence-electron chi connectivity index (χ0n) is 13.6. The number of ether oxygens (including phenoxy) is 1. The third kappa shape index (κ3) is 4.20. The Morgan fingerprint density at radius 3 is 2.42 bits per heavy atom. The monoisotopic (exact) mass is 350 g/mol. The summed E-state index contributed by atoms with van der Waals surface area (Å²) in [6.45, 7) is 0.225. The Morgan fingerprint density at radius 1 is 1.17 bits per heavy atom. The van der Waals surface area contributed by atoms with E-state index in [-0.39, 0.29) is 18.5 Å². The molecule has 0 radical (unpaired) electrons. The van der Waals surface area contributed by atoms with E-state index in [2.05, 4.69) is 10.6 Å². The average Bonchev–Trinajstić information content (AvgIpc) is 2.84. The first kappa shape index (κ1) is 17.1. The Bertz CT molecular complexity index is 582. The van der Waals surface area contributed by atoms with E-state index in [9.17, 15) is 9.59 Å². The van der Waals surface area contributed by atoms with E-state index in [4.69, 9.17) is 16.3 Å². The minimum atomic E-state index is -0.752. The van der Waals surface area contributed by atoms with Crippen LogP contribution in [-0.4, -0.2) is 24.6 Å². The number of halogens is 1. The van der Waals surface area contributed by atoms with Crippen molar-refractivity contribution in [1.82, 2.24) is 10.6 Å². The lowest BCUT2D eigenvalue weighted by atomic mass is 9.87. The van der Waals surface area contributed by atoms with E-state index in [0.717, 1.165) is 18.4 Å². The Balaban J connectivity index is 1.76. The Hall–Kier alpha value is -1.75. The molecular formula is C18H23ClN2O3. The number of benzene rings is 1. The van der Waals surface area contributed by atoms with E-state index in [1.165, 1.54) is 25.7 Å². The van der Waals surface area contributed by atoms with Crippen molar-refractivity contribution >= 4 is 23.6 Å². The van der Waals surface area contributed by atoms with Gasteiger partial charge in [0.05, 0.1) is 12.6 Å². The van der Waals surface area contributed by atoms with Crippen LogP contribution in [-0.2, 0) is 9.53 Å². The predicted octanol–water partition coefficient (Wildman–Crippen LogP) is 3.58. The van der Waals surface area contributed by atoms with Crippen molar-refractivity contribution in [3.63, 3.8) is 0 Å². The first-order valence-electron chi connectivity index (χ1n) is 8.64. The molecule has 2 aliphatic rings. The van der Waals surface area contributed by atoms with Gasteiger partial charge in [-0.25, -0.2) is 4.79 Å². The van der Waals surface area contributed by atoms with E-state index in [1.807, 2.05) is 24.3 Å². The molecule has 2 N–H and O–H groups in total. The zero-order valence-corrected chi connectivity index (χ0v) is 14.3. The molecule has 0 bridgehead atoms. The van der Waals surface area contributed by atoms with Crippen LogP contribution in [0.4, 0.5) is 4.79 Å². The highest BCUT2D eigenvalue weighted by molar-refractivity contribution is 6.30. The normalized spacial score (nSPS) is 23.0. The van der Waals surface area contributed by atoms with E-state index in [0.29, 0.717) is 10.9 Å². The van der Waals surface area contributed by atoms with Crippen LogP contribution in [0.1, 0.15) is 50.1 Å². The van der Waals surface area contributed by atoms with Crippen LogP contribution in [0.25, 0.3) is 0 Å².